The zero-order valence-corrected chi connectivity index (χ0v) is 14.8. The van der Waals surface area contributed by atoms with E-state index < -0.39 is 20.0 Å². The summed E-state index contributed by atoms with van der Waals surface area (Å²) in [7, 11) is -3.71. The second-order valence-electron chi connectivity index (χ2n) is 4.75. The van der Waals surface area contributed by atoms with E-state index in [4.69, 9.17) is 24.3 Å². The van der Waals surface area contributed by atoms with Crippen LogP contribution < -0.4 is 15.0 Å². The van der Waals surface area contributed by atoms with Crippen molar-refractivity contribution in [2.75, 3.05) is 25.9 Å². The molecule has 0 aliphatic heterocycles. The molecule has 0 aromatic heterocycles. The van der Waals surface area contributed by atoms with Gasteiger partial charge >= 0.3 is 136 Å². The summed E-state index contributed by atoms with van der Waals surface area (Å²) in [6.45, 7) is 5.90. The second-order valence-corrected chi connectivity index (χ2v) is 7.11. The van der Waals surface area contributed by atoms with Gasteiger partial charge in [-0.25, -0.2) is 0 Å². The van der Waals surface area contributed by atoms with Crippen LogP contribution in [0.25, 0.3) is 0 Å². The number of hydrogen-bond donors (Lipinski definition) is 2. The maximum atomic E-state index is 11.7. The van der Waals surface area contributed by atoms with Gasteiger partial charge in [-0.15, -0.1) is 0 Å². The molecule has 3 N–H and O–H groups in total. The Morgan fingerprint density at radius 1 is 1.26 bits per heavy atom. The third-order valence-corrected chi connectivity index (χ3v) is 5.04. The molecule has 0 fully saturated rings. The van der Waals surface area contributed by atoms with Crippen LogP contribution in [0.5, 0.6) is 11.5 Å². The Kier molecular flexibility index (Phi) is 8.26. The number of hydrogen-bond acceptors (Lipinski definition) is 7. The average Bonchev–Trinajstić information content (AvgIpc) is 2.49. The molecule has 0 aliphatic carbocycles. The second kappa shape index (κ2) is 9.67. The minimum absolute atomic E-state index is 0.108. The number of ether oxygens (including phenoxy) is 2. The van der Waals surface area contributed by atoms with E-state index in [-0.39, 0.29) is 19.3 Å². The van der Waals surface area contributed by atoms with Gasteiger partial charge in [-0.2, -0.15) is 0 Å². The summed E-state index contributed by atoms with van der Waals surface area (Å²) in [6, 6.07) is 6.94. The Labute approximate surface area is 137 Å². The van der Waals surface area contributed by atoms with Gasteiger partial charge in [0.1, 0.15) is 0 Å². The van der Waals surface area contributed by atoms with Gasteiger partial charge in [0.15, 0.2) is 0 Å². The first kappa shape index (κ1) is 19.6. The predicted molar refractivity (Wildman–Crippen MR) is 89.9 cm³/mol. The molecule has 132 valence electrons. The maximum absolute atomic E-state index is 11.7. The van der Waals surface area contributed by atoms with Crippen molar-refractivity contribution in [3.05, 3.63) is 24.3 Å². The van der Waals surface area contributed by atoms with E-state index in [0.29, 0.717) is 18.1 Å². The predicted octanol–water partition coefficient (Wildman–Crippen LogP) is 1.88. The van der Waals surface area contributed by atoms with Gasteiger partial charge in [0, 0.05) is 0 Å². The zero-order valence-electron chi connectivity index (χ0n) is 13.8. The molecule has 0 saturated carbocycles. The standard InChI is InChI=1S/C15H26NO6P/c1-4-19-13-8-6-7-9-14(13)22-23(18,11-10-16)21-12(3)15(17)20-5-2/h6-9,12,18,23H,4-5,10-11,16H2,1-3H3/t12-/m0/s1. The van der Waals surface area contributed by atoms with Crippen molar-refractivity contribution in [2.45, 2.75) is 26.9 Å². The molecule has 1 aromatic carbocycles. The van der Waals surface area contributed by atoms with Crippen molar-refractivity contribution in [3.63, 3.8) is 0 Å². The van der Waals surface area contributed by atoms with Crippen LogP contribution in [0, 0.1) is 0 Å². The molecular weight excluding hydrogens is 321 g/mol. The minimum atomic E-state index is -3.71. The van der Waals surface area contributed by atoms with E-state index in [1.165, 1.54) is 6.92 Å². The molecule has 23 heavy (non-hydrogen) atoms. The summed E-state index contributed by atoms with van der Waals surface area (Å²) >= 11 is 0. The number of esters is 1. The molecule has 0 amide bonds. The zero-order chi connectivity index (χ0) is 17.3. The van der Waals surface area contributed by atoms with Crippen molar-refractivity contribution >= 4 is 13.9 Å². The summed E-state index contributed by atoms with van der Waals surface area (Å²) in [5.41, 5.74) is 5.54. The van der Waals surface area contributed by atoms with Crippen molar-refractivity contribution in [1.82, 2.24) is 0 Å². The summed E-state index contributed by atoms with van der Waals surface area (Å²) < 4.78 is 21.5. The summed E-state index contributed by atoms with van der Waals surface area (Å²) in [4.78, 5) is 22.4. The van der Waals surface area contributed by atoms with Crippen LogP contribution in [-0.2, 0) is 14.1 Å². The topological polar surface area (TPSA) is 100 Å². The SMILES string of the molecule is CCOC(=O)[C@H](C)O[PH](O)(CCN)Oc1ccccc1OCC. The normalized spacial score (nSPS) is 13.3. The average molecular weight is 347 g/mol. The third kappa shape index (κ3) is 6.31. The number of nitrogens with two attached hydrogens (primary N) is 1. The monoisotopic (exact) mass is 347 g/mol. The van der Waals surface area contributed by atoms with Gasteiger partial charge in [-0.05, 0) is 0 Å². The van der Waals surface area contributed by atoms with Gasteiger partial charge < -0.3 is 0 Å². The van der Waals surface area contributed by atoms with Crippen LogP contribution in [0.15, 0.2) is 24.3 Å². The van der Waals surface area contributed by atoms with Crippen molar-refractivity contribution in [2.24, 2.45) is 5.73 Å². The van der Waals surface area contributed by atoms with Crippen LogP contribution in [-0.4, -0.2) is 42.9 Å². The first-order valence-electron chi connectivity index (χ1n) is 7.63. The van der Waals surface area contributed by atoms with Gasteiger partial charge in [0.2, 0.25) is 0 Å². The van der Waals surface area contributed by atoms with Gasteiger partial charge in [0.25, 0.3) is 0 Å². The molecule has 7 nitrogen and oxygen atoms in total. The molecule has 0 heterocycles. The van der Waals surface area contributed by atoms with Gasteiger partial charge in [-0.1, -0.05) is 0 Å². The van der Waals surface area contributed by atoms with Crippen LogP contribution in [0.2, 0.25) is 0 Å². The van der Waals surface area contributed by atoms with Gasteiger partial charge in [-0.3, -0.25) is 0 Å². The van der Waals surface area contributed by atoms with E-state index in [2.05, 4.69) is 0 Å². The Morgan fingerprint density at radius 3 is 2.48 bits per heavy atom. The molecule has 0 aliphatic rings. The first-order valence-corrected chi connectivity index (χ1v) is 9.60. The number of rotatable bonds is 10. The molecule has 0 spiro atoms. The molecule has 0 bridgehead atoms. The summed E-state index contributed by atoms with van der Waals surface area (Å²) in [6.07, 6.45) is -0.838. The van der Waals surface area contributed by atoms with Crippen LogP contribution in [0.4, 0.5) is 0 Å². The van der Waals surface area contributed by atoms with Crippen LogP contribution >= 0.6 is 7.94 Å². The molecule has 0 unspecified atom stereocenters. The summed E-state index contributed by atoms with van der Waals surface area (Å²) in [5.74, 6) is 0.287. The van der Waals surface area contributed by atoms with Gasteiger partial charge in [0.05, 0.1) is 0 Å². The van der Waals surface area contributed by atoms with E-state index in [0.717, 1.165) is 0 Å². The van der Waals surface area contributed by atoms with E-state index in [9.17, 15) is 9.69 Å². The van der Waals surface area contributed by atoms with E-state index in [1.54, 1.807) is 31.2 Å². The quantitative estimate of drug-likeness (QED) is 0.492. The number of para-hydroxylation sites is 2. The fraction of sp³-hybridized carbons (Fsp3) is 0.533. The fourth-order valence-electron chi connectivity index (χ4n) is 1.88. The number of carbonyl (C=O) groups is 1. The van der Waals surface area contributed by atoms with E-state index in [1.807, 2.05) is 6.92 Å². The van der Waals surface area contributed by atoms with Crippen molar-refractivity contribution in [3.8, 4) is 11.5 Å². The van der Waals surface area contributed by atoms with Crippen molar-refractivity contribution in [1.29, 1.82) is 0 Å². The Morgan fingerprint density at radius 2 is 1.91 bits per heavy atom. The molecular formula is C15H26NO6P. The molecule has 0 radical (unpaired) electrons. The third-order valence-electron chi connectivity index (χ3n) is 2.86. The first-order chi connectivity index (χ1) is 11.0. The van der Waals surface area contributed by atoms with Crippen LogP contribution in [0.1, 0.15) is 20.8 Å². The van der Waals surface area contributed by atoms with Crippen LogP contribution in [0.3, 0.4) is 0 Å². The fourth-order valence-corrected chi connectivity index (χ4v) is 3.68. The Bertz CT molecular complexity index is 501. The number of benzene rings is 1. The molecule has 8 heteroatoms. The van der Waals surface area contributed by atoms with E-state index >= 15 is 0 Å². The molecule has 1 aromatic rings. The Hall–Kier alpha value is -1.40. The summed E-state index contributed by atoms with van der Waals surface area (Å²) in [5, 5.41) is 0. The Balaban J connectivity index is 2.90. The molecule has 0 saturated heterocycles. The molecule has 1 rings (SSSR count). The molecule has 1 atom stereocenters. The number of carbonyl (C=O) groups excluding carboxylic acids is 1. The van der Waals surface area contributed by atoms with Crippen molar-refractivity contribution < 1.29 is 28.2 Å².